The van der Waals surface area contributed by atoms with Crippen molar-refractivity contribution in [2.75, 3.05) is 13.1 Å². The van der Waals surface area contributed by atoms with E-state index in [1.165, 1.54) is 113 Å². The van der Waals surface area contributed by atoms with Gasteiger partial charge in [0.2, 0.25) is 0 Å². The van der Waals surface area contributed by atoms with Gasteiger partial charge in [-0.25, -0.2) is 10.0 Å². The normalized spacial score (nSPS) is 13.6. The SMILES string of the molecule is CCCCCCCCCCCCN1C(=O)C(=C[O-])C(=O)N1CCCCCCCCCCCC.[K+]. The predicted molar refractivity (Wildman–Crippen MR) is 135 cm³/mol. The molecule has 1 aliphatic rings. The molecule has 34 heavy (non-hydrogen) atoms. The van der Waals surface area contributed by atoms with Crippen LogP contribution in [0, 0.1) is 0 Å². The van der Waals surface area contributed by atoms with Gasteiger partial charge in [0.15, 0.2) is 0 Å². The second-order valence-electron chi connectivity index (χ2n) is 9.75. The molecule has 0 aromatic carbocycles. The average Bonchev–Trinajstić information content (AvgIpc) is 3.04. The molecular formula is C28H51KN2O3. The summed E-state index contributed by atoms with van der Waals surface area (Å²) < 4.78 is 0. The van der Waals surface area contributed by atoms with Gasteiger partial charge in [0.25, 0.3) is 11.8 Å². The Morgan fingerprint density at radius 2 is 0.794 bits per heavy atom. The molecule has 1 fully saturated rings. The Balaban J connectivity index is 0.0000109. The zero-order chi connectivity index (χ0) is 24.2. The fraction of sp³-hybridized carbons (Fsp3) is 0.857. The fourth-order valence-electron chi connectivity index (χ4n) is 4.63. The zero-order valence-electron chi connectivity index (χ0n) is 22.8. The van der Waals surface area contributed by atoms with Crippen LogP contribution < -0.4 is 56.5 Å². The molecule has 0 N–H and O–H groups in total. The number of hydrazine groups is 1. The predicted octanol–water partition coefficient (Wildman–Crippen LogP) is 3.66. The Bertz CT molecular complexity index is 510. The maximum Gasteiger partial charge on any atom is 1.00 e. The first-order chi connectivity index (χ1) is 16.2. The van der Waals surface area contributed by atoms with Crippen LogP contribution in [0.25, 0.3) is 0 Å². The molecule has 0 atom stereocenters. The standard InChI is InChI=1S/C28H52N2O3.K/c1-3-5-7-9-11-13-15-17-19-21-23-29-27(32)26(25-31)28(33)30(29)24-22-20-18-16-14-12-10-8-6-4-2;/h25,31H,3-24H2,1-2H3;/q;+1/p-1. The zero-order valence-corrected chi connectivity index (χ0v) is 25.9. The number of rotatable bonds is 22. The molecule has 0 spiro atoms. The maximum atomic E-state index is 12.5. The summed E-state index contributed by atoms with van der Waals surface area (Å²) in [4.78, 5) is 25.1. The summed E-state index contributed by atoms with van der Waals surface area (Å²) in [6.07, 6.45) is 25.1. The van der Waals surface area contributed by atoms with Crippen molar-refractivity contribution < 1.29 is 66.1 Å². The Hall–Kier alpha value is 0.116. The van der Waals surface area contributed by atoms with Gasteiger partial charge in [-0.1, -0.05) is 129 Å². The third kappa shape index (κ3) is 14.6. The molecule has 2 amide bonds. The number of carbonyl (C=O) groups is 2. The van der Waals surface area contributed by atoms with Crippen molar-refractivity contribution in [3.63, 3.8) is 0 Å². The van der Waals surface area contributed by atoms with Crippen molar-refractivity contribution in [2.24, 2.45) is 0 Å². The van der Waals surface area contributed by atoms with Gasteiger partial charge in [0.05, 0.1) is 5.57 Å². The number of unbranched alkanes of at least 4 members (excludes halogenated alkanes) is 18. The van der Waals surface area contributed by atoms with Gasteiger partial charge in [-0.3, -0.25) is 9.59 Å². The minimum absolute atomic E-state index is 0. The number of nitrogens with zero attached hydrogens (tertiary/aromatic N) is 2. The van der Waals surface area contributed by atoms with Gasteiger partial charge in [-0.05, 0) is 12.8 Å². The smallest absolute Gasteiger partial charge is 0.877 e. The summed E-state index contributed by atoms with van der Waals surface area (Å²) in [7, 11) is 0. The van der Waals surface area contributed by atoms with Gasteiger partial charge in [0.1, 0.15) is 0 Å². The van der Waals surface area contributed by atoms with Crippen molar-refractivity contribution in [2.45, 2.75) is 142 Å². The molecule has 192 valence electrons. The number of carbonyl (C=O) groups excluding carboxylic acids is 2. The molecule has 0 aliphatic carbocycles. The van der Waals surface area contributed by atoms with Gasteiger partial charge < -0.3 is 5.11 Å². The second-order valence-corrected chi connectivity index (χ2v) is 9.75. The molecule has 0 unspecified atom stereocenters. The Kier molecular flexibility index (Phi) is 23.6. The van der Waals surface area contributed by atoms with Crippen LogP contribution in [0.2, 0.25) is 0 Å². The molecule has 0 bridgehead atoms. The van der Waals surface area contributed by atoms with Crippen molar-refractivity contribution >= 4 is 11.8 Å². The first-order valence-corrected chi connectivity index (χ1v) is 14.1. The van der Waals surface area contributed by atoms with Crippen LogP contribution >= 0.6 is 0 Å². The summed E-state index contributed by atoms with van der Waals surface area (Å²) in [6.45, 7) is 5.56. The van der Waals surface area contributed by atoms with Crippen molar-refractivity contribution in [1.29, 1.82) is 0 Å². The van der Waals surface area contributed by atoms with Crippen LogP contribution in [0.15, 0.2) is 11.8 Å². The van der Waals surface area contributed by atoms with E-state index in [0.29, 0.717) is 19.4 Å². The Labute approximate surface area is 252 Å². The van der Waals surface area contributed by atoms with Crippen LogP contribution in [0.1, 0.15) is 142 Å². The van der Waals surface area contributed by atoms with E-state index < -0.39 is 11.8 Å². The molecule has 0 saturated carbocycles. The van der Waals surface area contributed by atoms with Gasteiger partial charge >= 0.3 is 51.4 Å². The average molecular weight is 503 g/mol. The molecule has 6 heteroatoms. The van der Waals surface area contributed by atoms with Crippen LogP contribution in [-0.4, -0.2) is 34.9 Å². The third-order valence-electron chi connectivity index (χ3n) is 6.79. The van der Waals surface area contributed by atoms with Crippen LogP contribution in [0.3, 0.4) is 0 Å². The van der Waals surface area contributed by atoms with Crippen LogP contribution in [0.5, 0.6) is 0 Å². The summed E-state index contributed by atoms with van der Waals surface area (Å²) in [5.41, 5.74) is -0.200. The van der Waals surface area contributed by atoms with Crippen LogP contribution in [0.4, 0.5) is 0 Å². The van der Waals surface area contributed by atoms with E-state index in [-0.39, 0.29) is 57.0 Å². The van der Waals surface area contributed by atoms with Gasteiger partial charge in [-0.2, -0.15) is 0 Å². The molecule has 5 nitrogen and oxygen atoms in total. The maximum absolute atomic E-state index is 12.5. The van der Waals surface area contributed by atoms with E-state index in [1.807, 2.05) is 0 Å². The van der Waals surface area contributed by atoms with Gasteiger partial charge in [0, 0.05) is 13.1 Å². The number of hydrogen-bond acceptors (Lipinski definition) is 3. The summed E-state index contributed by atoms with van der Waals surface area (Å²) in [5.74, 6) is -0.809. The molecule has 1 heterocycles. The Morgan fingerprint density at radius 3 is 1.06 bits per heavy atom. The Morgan fingerprint density at radius 1 is 0.529 bits per heavy atom. The monoisotopic (exact) mass is 502 g/mol. The molecule has 0 aromatic rings. The van der Waals surface area contributed by atoms with E-state index in [0.717, 1.165) is 25.7 Å². The van der Waals surface area contributed by atoms with E-state index in [1.54, 1.807) is 0 Å². The first kappa shape index (κ1) is 34.1. The van der Waals surface area contributed by atoms with Crippen LogP contribution in [-0.2, 0) is 9.59 Å². The molecule has 0 radical (unpaired) electrons. The second kappa shape index (κ2) is 23.5. The van der Waals surface area contributed by atoms with Crippen molar-refractivity contribution in [1.82, 2.24) is 10.0 Å². The molecular weight excluding hydrogens is 451 g/mol. The minimum atomic E-state index is -0.405. The van der Waals surface area contributed by atoms with E-state index in [4.69, 9.17) is 0 Å². The minimum Gasteiger partial charge on any atom is -0.877 e. The van der Waals surface area contributed by atoms with Gasteiger partial charge in [-0.15, -0.1) is 6.26 Å². The molecule has 0 aromatic heterocycles. The summed E-state index contributed by atoms with van der Waals surface area (Å²) in [5, 5.41) is 14.3. The fourth-order valence-corrected chi connectivity index (χ4v) is 4.63. The quantitative estimate of drug-likeness (QED) is 0.0746. The topological polar surface area (TPSA) is 63.7 Å². The number of hydrogen-bond donors (Lipinski definition) is 0. The van der Waals surface area contributed by atoms with E-state index in [2.05, 4.69) is 13.8 Å². The molecule has 1 aliphatic heterocycles. The molecule has 1 rings (SSSR count). The summed E-state index contributed by atoms with van der Waals surface area (Å²) >= 11 is 0. The first-order valence-electron chi connectivity index (χ1n) is 14.1. The summed E-state index contributed by atoms with van der Waals surface area (Å²) in [6, 6.07) is 0. The molecule has 1 saturated heterocycles. The van der Waals surface area contributed by atoms with Crippen molar-refractivity contribution in [3.8, 4) is 0 Å². The van der Waals surface area contributed by atoms with E-state index in [9.17, 15) is 14.7 Å². The largest absolute Gasteiger partial charge is 1.00 e. The third-order valence-corrected chi connectivity index (χ3v) is 6.79. The van der Waals surface area contributed by atoms with Crippen molar-refractivity contribution in [3.05, 3.63) is 11.8 Å². The van der Waals surface area contributed by atoms with E-state index >= 15 is 0 Å². The number of amides is 2.